The summed E-state index contributed by atoms with van der Waals surface area (Å²) in [6.07, 6.45) is 3.29. The molecule has 74 valence electrons. The maximum Gasteiger partial charge on any atom is 0.233 e. The second-order valence-corrected chi connectivity index (χ2v) is 4.59. The van der Waals surface area contributed by atoms with Crippen LogP contribution < -0.4 is 5.32 Å². The Labute approximate surface area is 82.6 Å². The predicted molar refractivity (Wildman–Crippen MR) is 53.8 cm³/mol. The standard InChI is InChI=1S/C9H15NO2S/c1-7(11)6-10-9(12)8-4-2-3-5-13-8/h8H,2-6H2,1H3,(H,10,12). The average molecular weight is 201 g/mol. The minimum atomic E-state index is 0.00848. The zero-order valence-electron chi connectivity index (χ0n) is 7.84. The van der Waals surface area contributed by atoms with Crippen molar-refractivity contribution in [1.82, 2.24) is 5.32 Å². The molecule has 0 saturated carbocycles. The Bertz CT molecular complexity index is 200. The fourth-order valence-electron chi connectivity index (χ4n) is 1.27. The molecular weight excluding hydrogens is 186 g/mol. The van der Waals surface area contributed by atoms with Crippen molar-refractivity contribution in [3.8, 4) is 0 Å². The molecule has 1 heterocycles. The zero-order valence-corrected chi connectivity index (χ0v) is 8.65. The highest BCUT2D eigenvalue weighted by Crippen LogP contribution is 2.24. The van der Waals surface area contributed by atoms with E-state index in [1.165, 1.54) is 13.3 Å². The molecule has 0 aliphatic carbocycles. The smallest absolute Gasteiger partial charge is 0.233 e. The van der Waals surface area contributed by atoms with Crippen LogP contribution in [-0.2, 0) is 9.59 Å². The molecule has 1 atom stereocenters. The molecule has 0 aromatic rings. The van der Waals surface area contributed by atoms with Gasteiger partial charge in [-0.25, -0.2) is 0 Å². The number of carbonyl (C=O) groups excluding carboxylic acids is 2. The van der Waals surface area contributed by atoms with E-state index in [9.17, 15) is 9.59 Å². The molecule has 1 aliphatic heterocycles. The number of nitrogens with one attached hydrogen (secondary N) is 1. The Hall–Kier alpha value is -0.510. The molecule has 1 fully saturated rings. The maximum absolute atomic E-state index is 11.4. The zero-order chi connectivity index (χ0) is 9.68. The molecule has 0 spiro atoms. The first-order valence-corrected chi connectivity index (χ1v) is 5.64. The quantitative estimate of drug-likeness (QED) is 0.740. The van der Waals surface area contributed by atoms with Gasteiger partial charge in [0.15, 0.2) is 0 Å². The molecule has 1 aliphatic rings. The van der Waals surface area contributed by atoms with Crippen LogP contribution in [0.15, 0.2) is 0 Å². The molecule has 1 N–H and O–H groups in total. The number of rotatable bonds is 3. The summed E-state index contributed by atoms with van der Waals surface area (Å²) in [5, 5.41) is 2.72. The normalized spacial score (nSPS) is 22.4. The molecule has 1 rings (SSSR count). The van der Waals surface area contributed by atoms with Crippen molar-refractivity contribution >= 4 is 23.5 Å². The van der Waals surface area contributed by atoms with Crippen LogP contribution in [0.3, 0.4) is 0 Å². The molecule has 0 aromatic heterocycles. The number of ketones is 1. The monoisotopic (exact) mass is 201 g/mol. The third kappa shape index (κ3) is 3.81. The van der Waals surface area contributed by atoms with Gasteiger partial charge in [0.2, 0.25) is 5.91 Å². The lowest BCUT2D eigenvalue weighted by Crippen LogP contribution is -2.36. The number of hydrogen-bond donors (Lipinski definition) is 1. The van der Waals surface area contributed by atoms with Crippen LogP contribution in [0.25, 0.3) is 0 Å². The van der Waals surface area contributed by atoms with Crippen molar-refractivity contribution in [2.75, 3.05) is 12.3 Å². The van der Waals surface area contributed by atoms with Gasteiger partial charge in [0, 0.05) is 0 Å². The van der Waals surface area contributed by atoms with E-state index in [-0.39, 0.29) is 23.5 Å². The van der Waals surface area contributed by atoms with Gasteiger partial charge in [-0.2, -0.15) is 0 Å². The minimum absolute atomic E-state index is 0.00848. The van der Waals surface area contributed by atoms with Crippen LogP contribution in [0.1, 0.15) is 26.2 Å². The van der Waals surface area contributed by atoms with Crippen LogP contribution >= 0.6 is 11.8 Å². The summed E-state index contributed by atoms with van der Waals surface area (Å²) in [5.74, 6) is 1.10. The van der Waals surface area contributed by atoms with E-state index < -0.39 is 0 Å². The predicted octanol–water partition coefficient (Wildman–Crippen LogP) is 0.977. The van der Waals surface area contributed by atoms with Gasteiger partial charge in [0.25, 0.3) is 0 Å². The van der Waals surface area contributed by atoms with E-state index in [1.54, 1.807) is 11.8 Å². The van der Waals surface area contributed by atoms with Crippen LogP contribution in [0.5, 0.6) is 0 Å². The van der Waals surface area contributed by atoms with Gasteiger partial charge >= 0.3 is 0 Å². The topological polar surface area (TPSA) is 46.2 Å². The second-order valence-electron chi connectivity index (χ2n) is 3.28. The number of hydrogen-bond acceptors (Lipinski definition) is 3. The van der Waals surface area contributed by atoms with E-state index in [4.69, 9.17) is 0 Å². The fraction of sp³-hybridized carbons (Fsp3) is 0.778. The molecule has 0 bridgehead atoms. The lowest BCUT2D eigenvalue weighted by Gasteiger charge is -2.19. The SMILES string of the molecule is CC(=O)CNC(=O)C1CCCCS1. The van der Waals surface area contributed by atoms with Gasteiger partial charge < -0.3 is 5.32 Å². The van der Waals surface area contributed by atoms with Crippen LogP contribution in [0.4, 0.5) is 0 Å². The van der Waals surface area contributed by atoms with E-state index in [0.29, 0.717) is 0 Å². The van der Waals surface area contributed by atoms with Gasteiger partial charge in [-0.15, -0.1) is 11.8 Å². The average Bonchev–Trinajstić information content (AvgIpc) is 2.15. The summed E-state index contributed by atoms with van der Waals surface area (Å²) >= 11 is 1.70. The van der Waals surface area contributed by atoms with Crippen molar-refractivity contribution < 1.29 is 9.59 Å². The number of amides is 1. The Morgan fingerprint density at radius 3 is 2.77 bits per heavy atom. The van der Waals surface area contributed by atoms with Gasteiger partial charge in [0.1, 0.15) is 5.78 Å². The van der Waals surface area contributed by atoms with E-state index in [1.807, 2.05) is 0 Å². The first-order valence-electron chi connectivity index (χ1n) is 4.59. The maximum atomic E-state index is 11.4. The highest BCUT2D eigenvalue weighted by molar-refractivity contribution is 8.00. The van der Waals surface area contributed by atoms with Crippen LogP contribution in [-0.4, -0.2) is 29.2 Å². The highest BCUT2D eigenvalue weighted by atomic mass is 32.2. The lowest BCUT2D eigenvalue weighted by atomic mass is 10.2. The molecule has 1 saturated heterocycles. The Balaban J connectivity index is 2.25. The van der Waals surface area contributed by atoms with Gasteiger partial charge in [-0.05, 0) is 25.5 Å². The molecule has 0 aromatic carbocycles. The van der Waals surface area contributed by atoms with Crippen molar-refractivity contribution in [3.05, 3.63) is 0 Å². The van der Waals surface area contributed by atoms with Gasteiger partial charge in [-0.3, -0.25) is 9.59 Å². The summed E-state index contributed by atoms with van der Waals surface area (Å²) < 4.78 is 0. The fourth-order valence-corrected chi connectivity index (χ4v) is 2.50. The Kier molecular flexibility index (Phi) is 4.28. The Morgan fingerprint density at radius 1 is 1.46 bits per heavy atom. The highest BCUT2D eigenvalue weighted by Gasteiger charge is 2.21. The first-order chi connectivity index (χ1) is 6.20. The molecule has 13 heavy (non-hydrogen) atoms. The second kappa shape index (κ2) is 5.27. The van der Waals surface area contributed by atoms with Crippen molar-refractivity contribution in [1.29, 1.82) is 0 Å². The minimum Gasteiger partial charge on any atom is -0.348 e. The first kappa shape index (κ1) is 10.6. The van der Waals surface area contributed by atoms with Crippen LogP contribution in [0, 0.1) is 0 Å². The van der Waals surface area contributed by atoms with Gasteiger partial charge in [-0.1, -0.05) is 6.42 Å². The number of thioether (sulfide) groups is 1. The molecule has 1 amide bonds. The molecule has 0 radical (unpaired) electrons. The third-order valence-corrected chi connectivity index (χ3v) is 3.36. The van der Waals surface area contributed by atoms with Crippen LogP contribution in [0.2, 0.25) is 0 Å². The molecular formula is C9H15NO2S. The van der Waals surface area contributed by atoms with Gasteiger partial charge in [0.05, 0.1) is 11.8 Å². The van der Waals surface area contributed by atoms with E-state index in [0.717, 1.165) is 18.6 Å². The largest absolute Gasteiger partial charge is 0.348 e. The number of carbonyl (C=O) groups is 2. The third-order valence-electron chi connectivity index (χ3n) is 1.98. The van der Waals surface area contributed by atoms with Crippen molar-refractivity contribution in [3.63, 3.8) is 0 Å². The summed E-state index contributed by atoms with van der Waals surface area (Å²) in [4.78, 5) is 22.0. The summed E-state index contributed by atoms with van der Waals surface area (Å²) in [7, 11) is 0. The summed E-state index contributed by atoms with van der Waals surface area (Å²) in [5.41, 5.74) is 0. The van der Waals surface area contributed by atoms with E-state index >= 15 is 0 Å². The summed E-state index contributed by atoms with van der Waals surface area (Å²) in [6.45, 7) is 1.66. The molecule has 1 unspecified atom stereocenters. The summed E-state index contributed by atoms with van der Waals surface area (Å²) in [6, 6.07) is 0. The van der Waals surface area contributed by atoms with Crippen molar-refractivity contribution in [2.45, 2.75) is 31.4 Å². The van der Waals surface area contributed by atoms with E-state index in [2.05, 4.69) is 5.32 Å². The van der Waals surface area contributed by atoms with Crippen molar-refractivity contribution in [2.24, 2.45) is 0 Å². The molecule has 3 nitrogen and oxygen atoms in total. The lowest BCUT2D eigenvalue weighted by molar-refractivity contribution is -0.124. The molecule has 4 heteroatoms. The number of Topliss-reactive ketones (excluding diaryl/α,β-unsaturated/α-hetero) is 1. The Morgan fingerprint density at radius 2 is 2.23 bits per heavy atom.